The second kappa shape index (κ2) is 5.22. The Morgan fingerprint density at radius 2 is 2.00 bits per heavy atom. The van der Waals surface area contributed by atoms with E-state index in [0.717, 1.165) is 0 Å². The summed E-state index contributed by atoms with van der Waals surface area (Å²) in [6.45, 7) is 0.0690. The Bertz CT molecular complexity index is 1060. The van der Waals surface area contributed by atoms with Crippen LogP contribution in [0.3, 0.4) is 0 Å². The van der Waals surface area contributed by atoms with Crippen molar-refractivity contribution in [3.05, 3.63) is 66.1 Å². The summed E-state index contributed by atoms with van der Waals surface area (Å²) in [5, 5.41) is 0. The van der Waals surface area contributed by atoms with Gasteiger partial charge < -0.3 is 15.2 Å². The van der Waals surface area contributed by atoms with Crippen LogP contribution in [0.1, 0.15) is 11.1 Å². The molecule has 2 N–H and O–H groups in total. The lowest BCUT2D eigenvalue weighted by molar-refractivity contribution is 0.257. The van der Waals surface area contributed by atoms with E-state index in [0.29, 0.717) is 28.3 Å². The molecule has 26 heavy (non-hydrogen) atoms. The highest BCUT2D eigenvalue weighted by Crippen LogP contribution is 2.52. The average molecular weight is 349 g/mol. The Labute approximate surface area is 147 Å². The number of ether oxygens (including phenoxy) is 2. The molecular formula is C18H12FN5O2. The molecule has 5 rings (SSSR count). The number of halogens is 1. The van der Waals surface area contributed by atoms with Gasteiger partial charge in [-0.05, 0) is 24.3 Å². The summed E-state index contributed by atoms with van der Waals surface area (Å²) in [7, 11) is 0. The lowest BCUT2D eigenvalue weighted by Gasteiger charge is -2.33. The fourth-order valence-electron chi connectivity index (χ4n) is 3.41. The molecule has 0 aliphatic carbocycles. The standard InChI is InChI=1S/C18H12FN5O2/c19-15-11(10-6-21-9-22-7-10)3-4-13-14(15)18(8-25-17(20)24-18)12-2-1-5-23-16(12)26-13/h1-7,9H,8H2,(H2,20,24). The van der Waals surface area contributed by atoms with Gasteiger partial charge in [-0.3, -0.25) is 0 Å². The fourth-order valence-corrected chi connectivity index (χ4v) is 3.41. The molecule has 1 unspecified atom stereocenters. The van der Waals surface area contributed by atoms with Crippen molar-refractivity contribution in [2.45, 2.75) is 5.54 Å². The topological polar surface area (TPSA) is 95.5 Å². The van der Waals surface area contributed by atoms with Crippen molar-refractivity contribution >= 4 is 6.02 Å². The zero-order chi connectivity index (χ0) is 17.7. The Morgan fingerprint density at radius 1 is 1.15 bits per heavy atom. The van der Waals surface area contributed by atoms with Gasteiger partial charge in [0.1, 0.15) is 24.5 Å². The van der Waals surface area contributed by atoms with Crippen LogP contribution >= 0.6 is 0 Å². The molecule has 0 saturated carbocycles. The number of hydrogen-bond acceptors (Lipinski definition) is 7. The summed E-state index contributed by atoms with van der Waals surface area (Å²) in [4.78, 5) is 16.6. The third kappa shape index (κ3) is 1.92. The van der Waals surface area contributed by atoms with Gasteiger partial charge in [0, 0.05) is 29.7 Å². The van der Waals surface area contributed by atoms with Crippen LogP contribution in [-0.4, -0.2) is 27.6 Å². The minimum atomic E-state index is -1.14. The number of nitrogens with two attached hydrogens (primary N) is 1. The van der Waals surface area contributed by atoms with E-state index < -0.39 is 11.4 Å². The third-order valence-corrected chi connectivity index (χ3v) is 4.54. The van der Waals surface area contributed by atoms with Crippen molar-refractivity contribution in [2.75, 3.05) is 6.61 Å². The minimum Gasteiger partial charge on any atom is -0.462 e. The van der Waals surface area contributed by atoms with E-state index in [2.05, 4.69) is 19.9 Å². The van der Waals surface area contributed by atoms with Gasteiger partial charge in [-0.15, -0.1) is 0 Å². The van der Waals surface area contributed by atoms with Crippen molar-refractivity contribution in [1.82, 2.24) is 15.0 Å². The molecule has 0 fully saturated rings. The fraction of sp³-hybridized carbons (Fsp3) is 0.111. The number of aliphatic imine (C=N–C) groups is 1. The first kappa shape index (κ1) is 14.8. The van der Waals surface area contributed by atoms with Crippen molar-refractivity contribution in [1.29, 1.82) is 0 Å². The van der Waals surface area contributed by atoms with Gasteiger partial charge in [0.05, 0.1) is 11.1 Å². The van der Waals surface area contributed by atoms with E-state index in [1.165, 1.54) is 6.33 Å². The maximum Gasteiger partial charge on any atom is 0.283 e. The molecule has 0 amide bonds. The van der Waals surface area contributed by atoms with Gasteiger partial charge in [0.15, 0.2) is 5.54 Å². The highest BCUT2D eigenvalue weighted by molar-refractivity contribution is 5.77. The summed E-state index contributed by atoms with van der Waals surface area (Å²) in [5.74, 6) is 0.211. The molecule has 7 nitrogen and oxygen atoms in total. The zero-order valence-corrected chi connectivity index (χ0v) is 13.4. The number of nitrogens with zero attached hydrogens (tertiary/aromatic N) is 4. The largest absolute Gasteiger partial charge is 0.462 e. The number of hydrogen-bond donors (Lipinski definition) is 1. The number of benzene rings is 1. The molecule has 1 aromatic carbocycles. The van der Waals surface area contributed by atoms with Crippen LogP contribution in [0.4, 0.5) is 4.39 Å². The van der Waals surface area contributed by atoms with Crippen molar-refractivity contribution in [2.24, 2.45) is 10.7 Å². The quantitative estimate of drug-likeness (QED) is 0.725. The monoisotopic (exact) mass is 349 g/mol. The predicted octanol–water partition coefficient (Wildman–Crippen LogP) is 2.37. The Kier molecular flexibility index (Phi) is 2.96. The molecule has 2 aliphatic rings. The number of fused-ring (bicyclic) bond motifs is 4. The van der Waals surface area contributed by atoms with Crippen LogP contribution in [0, 0.1) is 5.82 Å². The molecule has 4 heterocycles. The molecule has 3 aromatic rings. The number of aromatic nitrogens is 3. The smallest absolute Gasteiger partial charge is 0.283 e. The first-order valence-electron chi connectivity index (χ1n) is 7.89. The Hall–Kier alpha value is -3.55. The van der Waals surface area contributed by atoms with Crippen LogP contribution < -0.4 is 10.5 Å². The van der Waals surface area contributed by atoms with E-state index in [-0.39, 0.29) is 18.2 Å². The molecule has 128 valence electrons. The zero-order valence-electron chi connectivity index (χ0n) is 13.4. The highest BCUT2D eigenvalue weighted by Gasteiger charge is 2.49. The molecular weight excluding hydrogens is 337 g/mol. The van der Waals surface area contributed by atoms with Gasteiger partial charge >= 0.3 is 0 Å². The number of pyridine rings is 1. The molecule has 2 aliphatic heterocycles. The van der Waals surface area contributed by atoms with E-state index >= 15 is 4.39 Å². The maximum atomic E-state index is 15.6. The first-order chi connectivity index (χ1) is 12.7. The van der Waals surface area contributed by atoms with E-state index in [4.69, 9.17) is 15.2 Å². The van der Waals surface area contributed by atoms with Crippen LogP contribution in [0.25, 0.3) is 11.1 Å². The molecule has 2 aromatic heterocycles. The second-order valence-corrected chi connectivity index (χ2v) is 5.98. The summed E-state index contributed by atoms with van der Waals surface area (Å²) >= 11 is 0. The van der Waals surface area contributed by atoms with Gasteiger partial charge in [0.25, 0.3) is 6.02 Å². The van der Waals surface area contributed by atoms with Gasteiger partial charge in [-0.2, -0.15) is 0 Å². The lowest BCUT2D eigenvalue weighted by atomic mass is 9.81. The van der Waals surface area contributed by atoms with Gasteiger partial charge in [0.2, 0.25) is 5.88 Å². The van der Waals surface area contributed by atoms with Gasteiger partial charge in [-0.1, -0.05) is 0 Å². The molecule has 8 heteroatoms. The molecule has 0 bridgehead atoms. The van der Waals surface area contributed by atoms with E-state index in [1.807, 2.05) is 0 Å². The Balaban J connectivity index is 1.81. The molecule has 0 saturated heterocycles. The van der Waals surface area contributed by atoms with E-state index in [9.17, 15) is 0 Å². The number of amidine groups is 1. The SMILES string of the molecule is NC1=NC2(CO1)c1cccnc1Oc1ccc(-c3cncnc3)c(F)c12. The first-order valence-corrected chi connectivity index (χ1v) is 7.89. The average Bonchev–Trinajstić information content (AvgIpc) is 3.05. The van der Waals surface area contributed by atoms with Crippen LogP contribution in [-0.2, 0) is 10.3 Å². The minimum absolute atomic E-state index is 0.000463. The Morgan fingerprint density at radius 3 is 2.77 bits per heavy atom. The summed E-state index contributed by atoms with van der Waals surface area (Å²) in [6, 6.07) is 6.84. The summed E-state index contributed by atoms with van der Waals surface area (Å²) in [6.07, 6.45) is 6.09. The molecule has 1 spiro atoms. The summed E-state index contributed by atoms with van der Waals surface area (Å²) < 4.78 is 26.9. The van der Waals surface area contributed by atoms with Crippen LogP contribution in [0.5, 0.6) is 11.6 Å². The lowest BCUT2D eigenvalue weighted by Crippen LogP contribution is -2.32. The van der Waals surface area contributed by atoms with Crippen molar-refractivity contribution in [3.63, 3.8) is 0 Å². The predicted molar refractivity (Wildman–Crippen MR) is 90.1 cm³/mol. The second-order valence-electron chi connectivity index (χ2n) is 5.98. The molecule has 0 radical (unpaired) electrons. The van der Waals surface area contributed by atoms with Crippen LogP contribution in [0.2, 0.25) is 0 Å². The van der Waals surface area contributed by atoms with Crippen molar-refractivity contribution in [3.8, 4) is 22.8 Å². The van der Waals surface area contributed by atoms with Gasteiger partial charge in [-0.25, -0.2) is 24.3 Å². The highest BCUT2D eigenvalue weighted by atomic mass is 19.1. The normalized spacial score (nSPS) is 20.0. The maximum absolute atomic E-state index is 15.6. The molecule has 1 atom stereocenters. The van der Waals surface area contributed by atoms with Crippen molar-refractivity contribution < 1.29 is 13.9 Å². The van der Waals surface area contributed by atoms with Crippen LogP contribution in [0.15, 0.2) is 54.2 Å². The third-order valence-electron chi connectivity index (χ3n) is 4.54. The van der Waals surface area contributed by atoms with E-state index in [1.54, 1.807) is 42.9 Å². The summed E-state index contributed by atoms with van der Waals surface area (Å²) in [5.41, 5.74) is 6.40. The number of rotatable bonds is 1.